The average Bonchev–Trinajstić information content (AvgIpc) is 3.00. The maximum atomic E-state index is 12.0. The van der Waals surface area contributed by atoms with Crippen molar-refractivity contribution in [2.24, 2.45) is 0 Å². The van der Waals surface area contributed by atoms with E-state index in [-0.39, 0.29) is 13.4 Å². The second kappa shape index (κ2) is 5.55. The SMILES string of the molecule is N#Cc1cccc(COC(=O)c2ccc3c(c2)OCO3)c1. The molecule has 0 spiro atoms. The lowest BCUT2D eigenvalue weighted by atomic mass is 10.1. The molecule has 5 nitrogen and oxygen atoms in total. The van der Waals surface area contributed by atoms with Crippen LogP contribution in [-0.4, -0.2) is 12.8 Å². The van der Waals surface area contributed by atoms with Crippen molar-refractivity contribution < 1.29 is 19.0 Å². The summed E-state index contributed by atoms with van der Waals surface area (Å²) in [4.78, 5) is 12.0. The van der Waals surface area contributed by atoms with Crippen LogP contribution in [-0.2, 0) is 11.3 Å². The Bertz CT molecular complexity index is 733. The molecule has 0 saturated heterocycles. The number of hydrogen-bond acceptors (Lipinski definition) is 5. The third-order valence-electron chi connectivity index (χ3n) is 3.03. The highest BCUT2D eigenvalue weighted by Crippen LogP contribution is 2.32. The van der Waals surface area contributed by atoms with E-state index in [9.17, 15) is 4.79 Å². The fraction of sp³-hybridized carbons (Fsp3) is 0.125. The molecule has 1 aliphatic rings. The molecule has 0 saturated carbocycles. The summed E-state index contributed by atoms with van der Waals surface area (Å²) in [6.07, 6.45) is 0. The van der Waals surface area contributed by atoms with E-state index in [2.05, 4.69) is 0 Å². The molecule has 0 amide bonds. The number of rotatable bonds is 3. The summed E-state index contributed by atoms with van der Waals surface area (Å²) >= 11 is 0. The van der Waals surface area contributed by atoms with E-state index in [1.807, 2.05) is 6.07 Å². The zero-order chi connectivity index (χ0) is 14.7. The zero-order valence-corrected chi connectivity index (χ0v) is 11.0. The highest BCUT2D eigenvalue weighted by atomic mass is 16.7. The second-order valence-corrected chi connectivity index (χ2v) is 4.46. The van der Waals surface area contributed by atoms with Crippen LogP contribution in [0.1, 0.15) is 21.5 Å². The van der Waals surface area contributed by atoms with E-state index in [0.29, 0.717) is 22.6 Å². The van der Waals surface area contributed by atoms with Crippen molar-refractivity contribution in [3.05, 3.63) is 59.2 Å². The van der Waals surface area contributed by atoms with Crippen LogP contribution < -0.4 is 9.47 Å². The van der Waals surface area contributed by atoms with Crippen molar-refractivity contribution in [2.75, 3.05) is 6.79 Å². The largest absolute Gasteiger partial charge is 0.457 e. The van der Waals surface area contributed by atoms with Crippen molar-refractivity contribution in [1.29, 1.82) is 5.26 Å². The topological polar surface area (TPSA) is 68.5 Å². The highest BCUT2D eigenvalue weighted by molar-refractivity contribution is 5.90. The molecule has 2 aromatic rings. The Morgan fingerprint density at radius 3 is 2.90 bits per heavy atom. The molecule has 5 heteroatoms. The molecule has 0 fully saturated rings. The summed E-state index contributed by atoms with van der Waals surface area (Å²) in [6.45, 7) is 0.275. The minimum atomic E-state index is -0.448. The van der Waals surface area contributed by atoms with Crippen LogP contribution in [0.4, 0.5) is 0 Å². The van der Waals surface area contributed by atoms with Crippen molar-refractivity contribution in [3.8, 4) is 17.6 Å². The average molecular weight is 281 g/mol. The zero-order valence-electron chi connectivity index (χ0n) is 11.0. The maximum absolute atomic E-state index is 12.0. The molecule has 0 radical (unpaired) electrons. The van der Waals surface area contributed by atoms with Crippen LogP contribution in [0.25, 0.3) is 0 Å². The van der Waals surface area contributed by atoms with Gasteiger partial charge in [-0.2, -0.15) is 5.26 Å². The number of carbonyl (C=O) groups excluding carboxylic acids is 1. The molecule has 0 aliphatic carbocycles. The quantitative estimate of drug-likeness (QED) is 0.809. The predicted octanol–water partition coefficient (Wildman–Crippen LogP) is 2.64. The van der Waals surface area contributed by atoms with Gasteiger partial charge in [-0.3, -0.25) is 0 Å². The molecular formula is C16H11NO4. The smallest absolute Gasteiger partial charge is 0.338 e. The number of benzene rings is 2. The molecule has 3 rings (SSSR count). The fourth-order valence-corrected chi connectivity index (χ4v) is 1.99. The molecule has 2 aromatic carbocycles. The Balaban J connectivity index is 1.68. The van der Waals surface area contributed by atoms with Gasteiger partial charge in [-0.25, -0.2) is 4.79 Å². The Hall–Kier alpha value is -3.00. The molecule has 1 aliphatic heterocycles. The second-order valence-electron chi connectivity index (χ2n) is 4.46. The van der Waals surface area contributed by atoms with Gasteiger partial charge in [-0.05, 0) is 35.9 Å². The van der Waals surface area contributed by atoms with Gasteiger partial charge in [0.05, 0.1) is 17.2 Å². The van der Waals surface area contributed by atoms with Crippen LogP contribution in [0, 0.1) is 11.3 Å². The molecule has 0 N–H and O–H groups in total. The lowest BCUT2D eigenvalue weighted by molar-refractivity contribution is 0.0472. The molecule has 0 atom stereocenters. The van der Waals surface area contributed by atoms with Crippen LogP contribution in [0.2, 0.25) is 0 Å². The molecule has 21 heavy (non-hydrogen) atoms. The summed E-state index contributed by atoms with van der Waals surface area (Å²) < 4.78 is 15.6. The number of fused-ring (bicyclic) bond motifs is 1. The Kier molecular flexibility index (Phi) is 3.44. The minimum absolute atomic E-state index is 0.114. The normalized spacial score (nSPS) is 11.8. The van der Waals surface area contributed by atoms with E-state index in [1.165, 1.54) is 0 Å². The maximum Gasteiger partial charge on any atom is 0.338 e. The van der Waals surface area contributed by atoms with Gasteiger partial charge < -0.3 is 14.2 Å². The summed E-state index contributed by atoms with van der Waals surface area (Å²) in [5, 5.41) is 8.82. The Morgan fingerprint density at radius 1 is 1.19 bits per heavy atom. The van der Waals surface area contributed by atoms with Gasteiger partial charge >= 0.3 is 5.97 Å². The molecule has 104 valence electrons. The van der Waals surface area contributed by atoms with E-state index in [4.69, 9.17) is 19.5 Å². The van der Waals surface area contributed by atoms with Gasteiger partial charge in [-0.1, -0.05) is 12.1 Å². The van der Waals surface area contributed by atoms with Crippen molar-refractivity contribution >= 4 is 5.97 Å². The Morgan fingerprint density at radius 2 is 2.05 bits per heavy atom. The number of hydrogen-bond donors (Lipinski definition) is 0. The molecule has 0 aromatic heterocycles. The van der Waals surface area contributed by atoms with E-state index in [0.717, 1.165) is 5.56 Å². The van der Waals surface area contributed by atoms with Crippen LogP contribution in [0.5, 0.6) is 11.5 Å². The van der Waals surface area contributed by atoms with Gasteiger partial charge in [0, 0.05) is 0 Å². The fourth-order valence-electron chi connectivity index (χ4n) is 1.99. The number of esters is 1. The minimum Gasteiger partial charge on any atom is -0.457 e. The monoisotopic (exact) mass is 281 g/mol. The first-order chi connectivity index (χ1) is 10.3. The van der Waals surface area contributed by atoms with Gasteiger partial charge in [0.25, 0.3) is 0 Å². The molecule has 0 unspecified atom stereocenters. The number of nitriles is 1. The summed E-state index contributed by atoms with van der Waals surface area (Å²) in [7, 11) is 0. The molecule has 1 heterocycles. The van der Waals surface area contributed by atoms with Crippen LogP contribution in [0.15, 0.2) is 42.5 Å². The van der Waals surface area contributed by atoms with Crippen molar-refractivity contribution in [2.45, 2.75) is 6.61 Å². The van der Waals surface area contributed by atoms with Gasteiger partial charge in [-0.15, -0.1) is 0 Å². The lowest BCUT2D eigenvalue weighted by Gasteiger charge is -2.06. The lowest BCUT2D eigenvalue weighted by Crippen LogP contribution is -2.05. The number of carbonyl (C=O) groups is 1. The van der Waals surface area contributed by atoms with Crippen molar-refractivity contribution in [3.63, 3.8) is 0 Å². The molecule has 0 bridgehead atoms. The molecular weight excluding hydrogens is 270 g/mol. The van der Waals surface area contributed by atoms with Gasteiger partial charge in [0.2, 0.25) is 6.79 Å². The third kappa shape index (κ3) is 2.79. The third-order valence-corrected chi connectivity index (χ3v) is 3.03. The number of nitrogens with zero attached hydrogens (tertiary/aromatic N) is 1. The van der Waals surface area contributed by atoms with E-state index in [1.54, 1.807) is 42.5 Å². The summed E-state index contributed by atoms with van der Waals surface area (Å²) in [5.74, 6) is 0.708. The first kappa shape index (κ1) is 13.0. The van der Waals surface area contributed by atoms with E-state index >= 15 is 0 Å². The van der Waals surface area contributed by atoms with Crippen LogP contribution in [0.3, 0.4) is 0 Å². The van der Waals surface area contributed by atoms with Crippen LogP contribution >= 0.6 is 0 Å². The number of ether oxygens (including phenoxy) is 3. The van der Waals surface area contributed by atoms with Gasteiger partial charge in [0.1, 0.15) is 6.61 Å². The van der Waals surface area contributed by atoms with Crippen molar-refractivity contribution in [1.82, 2.24) is 0 Å². The highest BCUT2D eigenvalue weighted by Gasteiger charge is 2.16. The van der Waals surface area contributed by atoms with E-state index < -0.39 is 5.97 Å². The van der Waals surface area contributed by atoms with Gasteiger partial charge in [0.15, 0.2) is 11.5 Å². The first-order valence-corrected chi connectivity index (χ1v) is 6.32. The summed E-state index contributed by atoms with van der Waals surface area (Å²) in [6, 6.07) is 13.9. The Labute approximate surface area is 121 Å². The summed E-state index contributed by atoms with van der Waals surface area (Å²) in [5.41, 5.74) is 1.70. The first-order valence-electron chi connectivity index (χ1n) is 6.32. The predicted molar refractivity (Wildman–Crippen MR) is 72.8 cm³/mol. The standard InChI is InChI=1S/C16H11NO4/c17-8-11-2-1-3-12(6-11)9-19-16(18)13-4-5-14-15(7-13)21-10-20-14/h1-7H,9-10H2.